The van der Waals surface area contributed by atoms with Crippen molar-refractivity contribution < 1.29 is 4.74 Å². The fourth-order valence-electron chi connectivity index (χ4n) is 5.65. The molecule has 0 amide bonds. The quantitative estimate of drug-likeness (QED) is 0.470. The number of hydrogen-bond donors (Lipinski definition) is 0. The Hall–Kier alpha value is -0.460. The first-order valence-corrected chi connectivity index (χ1v) is 9.61. The van der Waals surface area contributed by atoms with Crippen LogP contribution in [0.4, 0.5) is 0 Å². The van der Waals surface area contributed by atoms with E-state index >= 15 is 0 Å². The monoisotopic (exact) mass is 308 g/mol. The van der Waals surface area contributed by atoms with Gasteiger partial charge in [0, 0.05) is 16.7 Å². The van der Waals surface area contributed by atoms with Gasteiger partial charge >= 0.3 is 0 Å². The summed E-state index contributed by atoms with van der Waals surface area (Å²) in [5.41, 5.74) is 1.78. The molecule has 1 heteroatoms. The lowest BCUT2D eigenvalue weighted by Gasteiger charge is -2.59. The Balaban J connectivity index is 3.68. The van der Waals surface area contributed by atoms with Gasteiger partial charge in [-0.05, 0) is 50.5 Å². The highest BCUT2D eigenvalue weighted by Crippen LogP contribution is 2.65. The zero-order valence-electron chi connectivity index (χ0n) is 16.7. The third-order valence-corrected chi connectivity index (χ3v) is 7.32. The molecule has 0 bridgehead atoms. The van der Waals surface area contributed by atoms with E-state index < -0.39 is 0 Å². The average molecular weight is 309 g/mol. The van der Waals surface area contributed by atoms with E-state index in [0.717, 1.165) is 0 Å². The molecule has 2 unspecified atom stereocenters. The van der Waals surface area contributed by atoms with E-state index in [4.69, 9.17) is 4.74 Å². The summed E-state index contributed by atoms with van der Waals surface area (Å²) in [4.78, 5) is 0. The standard InChI is InChI=1S/C21H40O/c1-10-18(16(6)7)21(19(9,11-2)12-3)20(13-4,14-5)17(8)15-22-21/h15-16,18H,10-14H2,1-9H3. The van der Waals surface area contributed by atoms with Gasteiger partial charge in [-0.15, -0.1) is 0 Å². The summed E-state index contributed by atoms with van der Waals surface area (Å²) in [5.74, 6) is 1.23. The van der Waals surface area contributed by atoms with Gasteiger partial charge in [-0.2, -0.15) is 0 Å². The molecular weight excluding hydrogens is 268 g/mol. The van der Waals surface area contributed by atoms with Crippen LogP contribution in [0.25, 0.3) is 0 Å². The normalized spacial score (nSPS) is 26.0. The lowest BCUT2D eigenvalue weighted by atomic mass is 9.48. The molecule has 1 aliphatic heterocycles. The molecule has 1 rings (SSSR count). The van der Waals surface area contributed by atoms with Crippen molar-refractivity contribution in [3.63, 3.8) is 0 Å². The number of hydrogen-bond acceptors (Lipinski definition) is 1. The summed E-state index contributed by atoms with van der Waals surface area (Å²) in [6, 6.07) is 0. The summed E-state index contributed by atoms with van der Waals surface area (Å²) in [7, 11) is 0. The molecule has 0 aliphatic carbocycles. The van der Waals surface area contributed by atoms with Crippen molar-refractivity contribution in [3.8, 4) is 0 Å². The molecule has 1 nitrogen and oxygen atoms in total. The van der Waals surface area contributed by atoms with Crippen molar-refractivity contribution in [1.82, 2.24) is 0 Å². The van der Waals surface area contributed by atoms with E-state index in [2.05, 4.69) is 68.6 Å². The van der Waals surface area contributed by atoms with E-state index in [-0.39, 0.29) is 16.4 Å². The van der Waals surface area contributed by atoms with Crippen LogP contribution in [0.1, 0.15) is 94.4 Å². The molecular formula is C21H40O. The van der Waals surface area contributed by atoms with Crippen molar-refractivity contribution in [2.45, 2.75) is 100 Å². The van der Waals surface area contributed by atoms with Crippen LogP contribution in [0, 0.1) is 22.7 Å². The predicted octanol–water partition coefficient (Wildman–Crippen LogP) is 6.97. The van der Waals surface area contributed by atoms with Crippen LogP contribution in [0.3, 0.4) is 0 Å². The molecule has 0 radical (unpaired) electrons. The van der Waals surface area contributed by atoms with Gasteiger partial charge in [0.15, 0.2) is 0 Å². The molecule has 0 saturated heterocycles. The molecule has 22 heavy (non-hydrogen) atoms. The van der Waals surface area contributed by atoms with Gasteiger partial charge in [-0.3, -0.25) is 0 Å². The Labute approximate surface area is 139 Å². The van der Waals surface area contributed by atoms with Gasteiger partial charge in [0.25, 0.3) is 0 Å². The van der Waals surface area contributed by atoms with Crippen LogP contribution in [-0.4, -0.2) is 5.60 Å². The van der Waals surface area contributed by atoms with E-state index in [1.54, 1.807) is 0 Å². The molecule has 0 aromatic rings. The van der Waals surface area contributed by atoms with Gasteiger partial charge in [-0.25, -0.2) is 0 Å². The highest BCUT2D eigenvalue weighted by atomic mass is 16.5. The minimum atomic E-state index is -0.0694. The second kappa shape index (κ2) is 6.97. The first-order valence-electron chi connectivity index (χ1n) is 9.61. The molecule has 2 atom stereocenters. The molecule has 130 valence electrons. The molecule has 1 aliphatic rings. The van der Waals surface area contributed by atoms with Crippen molar-refractivity contribution in [3.05, 3.63) is 11.8 Å². The largest absolute Gasteiger partial charge is 0.493 e. The highest BCUT2D eigenvalue weighted by Gasteiger charge is 2.66. The van der Waals surface area contributed by atoms with Crippen molar-refractivity contribution >= 4 is 0 Å². The molecule has 0 aromatic carbocycles. The second-order valence-corrected chi connectivity index (χ2v) is 7.97. The Kier molecular flexibility index (Phi) is 6.21. The maximum atomic E-state index is 6.75. The van der Waals surface area contributed by atoms with Gasteiger partial charge in [0.1, 0.15) is 5.60 Å². The fourth-order valence-corrected chi connectivity index (χ4v) is 5.65. The van der Waals surface area contributed by atoms with Crippen LogP contribution in [0.2, 0.25) is 0 Å². The summed E-state index contributed by atoms with van der Waals surface area (Å²) >= 11 is 0. The summed E-state index contributed by atoms with van der Waals surface area (Å²) in [6.45, 7) is 21.3. The Morgan fingerprint density at radius 3 is 1.86 bits per heavy atom. The third kappa shape index (κ3) is 2.34. The van der Waals surface area contributed by atoms with E-state index in [1.165, 1.54) is 37.7 Å². The maximum absolute atomic E-state index is 6.75. The van der Waals surface area contributed by atoms with E-state index in [1.807, 2.05) is 0 Å². The lowest BCUT2D eigenvalue weighted by Crippen LogP contribution is -2.62. The summed E-state index contributed by atoms with van der Waals surface area (Å²) in [5, 5.41) is 0. The van der Waals surface area contributed by atoms with E-state index in [0.29, 0.717) is 11.8 Å². The molecule has 0 N–H and O–H groups in total. The first-order chi connectivity index (χ1) is 10.3. The Morgan fingerprint density at radius 2 is 1.55 bits per heavy atom. The smallest absolute Gasteiger partial charge is 0.126 e. The molecule has 0 saturated carbocycles. The summed E-state index contributed by atoms with van der Waals surface area (Å²) < 4.78 is 6.75. The van der Waals surface area contributed by atoms with Crippen LogP contribution in [0.5, 0.6) is 0 Å². The van der Waals surface area contributed by atoms with Gasteiger partial charge in [0.05, 0.1) is 6.26 Å². The van der Waals surface area contributed by atoms with Crippen molar-refractivity contribution in [2.75, 3.05) is 0 Å². The second-order valence-electron chi connectivity index (χ2n) is 7.97. The van der Waals surface area contributed by atoms with Crippen LogP contribution in [-0.2, 0) is 4.74 Å². The van der Waals surface area contributed by atoms with Crippen molar-refractivity contribution in [2.24, 2.45) is 22.7 Å². The predicted molar refractivity (Wildman–Crippen MR) is 97.9 cm³/mol. The average Bonchev–Trinajstić information content (AvgIpc) is 2.81. The fraction of sp³-hybridized carbons (Fsp3) is 0.905. The minimum Gasteiger partial charge on any atom is -0.493 e. The maximum Gasteiger partial charge on any atom is 0.126 e. The van der Waals surface area contributed by atoms with Crippen LogP contribution >= 0.6 is 0 Å². The van der Waals surface area contributed by atoms with Crippen LogP contribution in [0.15, 0.2) is 11.8 Å². The first kappa shape index (κ1) is 19.6. The number of rotatable bonds is 8. The SMILES string of the molecule is CCC(C(C)C)C1(C(C)(CC)CC)OC=C(C)C1(CC)CC. The zero-order valence-corrected chi connectivity index (χ0v) is 16.7. The summed E-state index contributed by atoms with van der Waals surface area (Å²) in [6.07, 6.45) is 8.00. The zero-order chi connectivity index (χ0) is 17.2. The number of ether oxygens (including phenoxy) is 1. The Bertz CT molecular complexity index is 385. The van der Waals surface area contributed by atoms with Crippen molar-refractivity contribution in [1.29, 1.82) is 0 Å². The molecule has 0 fully saturated rings. The van der Waals surface area contributed by atoms with Gasteiger partial charge < -0.3 is 4.74 Å². The van der Waals surface area contributed by atoms with Gasteiger partial charge in [-0.1, -0.05) is 55.4 Å². The topological polar surface area (TPSA) is 9.23 Å². The van der Waals surface area contributed by atoms with Gasteiger partial charge in [0.2, 0.25) is 0 Å². The third-order valence-electron chi connectivity index (χ3n) is 7.32. The lowest BCUT2D eigenvalue weighted by molar-refractivity contribution is -0.193. The minimum absolute atomic E-state index is 0.0694. The molecule has 0 aromatic heterocycles. The molecule has 0 spiro atoms. The van der Waals surface area contributed by atoms with Crippen LogP contribution < -0.4 is 0 Å². The Morgan fingerprint density at radius 1 is 1.05 bits per heavy atom. The van der Waals surface area contributed by atoms with E-state index in [9.17, 15) is 0 Å². The highest BCUT2D eigenvalue weighted by molar-refractivity contribution is 5.28. The molecule has 1 heterocycles.